The summed E-state index contributed by atoms with van der Waals surface area (Å²) in [5, 5.41) is 4.09. The number of hydrogen-bond acceptors (Lipinski definition) is 2. The zero-order valence-corrected chi connectivity index (χ0v) is 10.5. The van der Waals surface area contributed by atoms with Crippen LogP contribution in [0.15, 0.2) is 0 Å². The van der Waals surface area contributed by atoms with E-state index in [-0.39, 0.29) is 21.1 Å². The summed E-state index contributed by atoms with van der Waals surface area (Å²) in [5.41, 5.74) is 1.00. The van der Waals surface area contributed by atoms with Crippen molar-refractivity contribution in [3.63, 3.8) is 0 Å². The van der Waals surface area contributed by atoms with Gasteiger partial charge in [0.2, 0.25) is 0 Å². The third-order valence-electron chi connectivity index (χ3n) is 0.672. The van der Waals surface area contributed by atoms with Crippen molar-refractivity contribution in [2.75, 3.05) is 0 Å². The van der Waals surface area contributed by atoms with Crippen LogP contribution in [0.2, 0.25) is 0 Å². The molecule has 1 nitrogen and oxygen atoms in total. The van der Waals surface area contributed by atoms with Crippen LogP contribution in [0.3, 0.4) is 0 Å². The van der Waals surface area contributed by atoms with Gasteiger partial charge in [0, 0.05) is 21.1 Å². The maximum atomic E-state index is 4.07. The third-order valence-corrected chi connectivity index (χ3v) is 1.46. The van der Waals surface area contributed by atoms with Gasteiger partial charge in [-0.25, -0.2) is 0 Å². The average Bonchev–Trinajstić information content (AvgIpc) is 2.20. The van der Waals surface area contributed by atoms with Gasteiger partial charge in [-0.2, -0.15) is 5.38 Å². The number of hydrogen-bond donors (Lipinski definition) is 0. The Bertz CT molecular complexity index is 146. The largest absolute Gasteiger partial charge is 0.361 e. The molecule has 3 heteroatoms. The number of aromatic nitrogens is 1. The van der Waals surface area contributed by atoms with Gasteiger partial charge in [0.25, 0.3) is 0 Å². The summed E-state index contributed by atoms with van der Waals surface area (Å²) >= 11 is 1.57. The van der Waals surface area contributed by atoms with Crippen molar-refractivity contribution >= 4 is 11.3 Å². The van der Waals surface area contributed by atoms with Crippen LogP contribution in [-0.2, 0) is 21.1 Å². The molecule has 0 aliphatic carbocycles. The first-order valence-corrected chi connectivity index (χ1v) is 3.92. The summed E-state index contributed by atoms with van der Waals surface area (Å²) in [6.07, 6.45) is 0. The molecule has 0 spiro atoms. The van der Waals surface area contributed by atoms with Crippen molar-refractivity contribution in [1.82, 2.24) is 4.98 Å². The fraction of sp³-hybridized carbons (Fsp3) is 0.571. The molecule has 0 fully saturated rings. The molecule has 1 aromatic rings. The number of nitrogens with zero attached hydrogens (tertiary/aromatic N) is 1. The smallest absolute Gasteiger partial charge is 0 e. The Balaban J connectivity index is 0. The Morgan fingerprint density at radius 1 is 1.30 bits per heavy atom. The van der Waals surface area contributed by atoms with Gasteiger partial charge in [-0.1, -0.05) is 31.5 Å². The molecule has 0 N–H and O–H groups in total. The Kier molecular flexibility index (Phi) is 9.61. The standard InChI is InChI=1S/C5H6NS.C2H6.W/c1-4-3-7-5(2)6-4;1-2;/h1-2H3;1-2H3;/q-1;;. The van der Waals surface area contributed by atoms with Crippen molar-refractivity contribution in [2.24, 2.45) is 0 Å². The van der Waals surface area contributed by atoms with Crippen molar-refractivity contribution in [2.45, 2.75) is 27.7 Å². The zero-order valence-electron chi connectivity index (χ0n) is 6.76. The van der Waals surface area contributed by atoms with Crippen molar-refractivity contribution < 1.29 is 21.1 Å². The fourth-order valence-corrected chi connectivity index (χ4v) is 0.953. The molecule has 0 saturated carbocycles. The molecule has 0 aliphatic heterocycles. The molecule has 58 valence electrons. The van der Waals surface area contributed by atoms with Crippen LogP contribution in [0, 0.1) is 19.2 Å². The molecule has 0 bridgehead atoms. The number of rotatable bonds is 0. The fourth-order valence-electron chi connectivity index (χ4n) is 0.430. The van der Waals surface area contributed by atoms with Gasteiger partial charge in [0.15, 0.2) is 0 Å². The van der Waals surface area contributed by atoms with Crippen molar-refractivity contribution in [3.05, 3.63) is 16.1 Å². The van der Waals surface area contributed by atoms with Crippen LogP contribution in [0.25, 0.3) is 0 Å². The van der Waals surface area contributed by atoms with E-state index in [9.17, 15) is 0 Å². The first-order chi connectivity index (χ1) is 4.29. The second-order valence-electron chi connectivity index (χ2n) is 1.42. The molecular weight excluding hydrogens is 314 g/mol. The van der Waals surface area contributed by atoms with E-state index >= 15 is 0 Å². The average molecular weight is 326 g/mol. The van der Waals surface area contributed by atoms with Crippen LogP contribution in [0.5, 0.6) is 0 Å². The monoisotopic (exact) mass is 326 g/mol. The third kappa shape index (κ3) is 5.13. The molecule has 1 aromatic heterocycles. The Hall–Kier alpha value is 0.318. The molecule has 0 atom stereocenters. The van der Waals surface area contributed by atoms with Gasteiger partial charge in [0.1, 0.15) is 0 Å². The van der Waals surface area contributed by atoms with Crippen molar-refractivity contribution in [3.8, 4) is 0 Å². The van der Waals surface area contributed by atoms with Crippen molar-refractivity contribution in [1.29, 1.82) is 0 Å². The van der Waals surface area contributed by atoms with E-state index in [4.69, 9.17) is 0 Å². The van der Waals surface area contributed by atoms with E-state index in [1.807, 2.05) is 27.7 Å². The van der Waals surface area contributed by atoms with Gasteiger partial charge in [-0.3, -0.25) is 0 Å². The van der Waals surface area contributed by atoms with Gasteiger partial charge < -0.3 is 16.3 Å². The number of thiazole rings is 1. The molecule has 0 radical (unpaired) electrons. The summed E-state index contributed by atoms with van der Waals surface area (Å²) in [6.45, 7) is 7.93. The maximum Gasteiger partial charge on any atom is 0 e. The normalized spacial score (nSPS) is 7.20. The molecule has 0 unspecified atom stereocenters. The first-order valence-electron chi connectivity index (χ1n) is 3.11. The van der Waals surface area contributed by atoms with Crippen LogP contribution >= 0.6 is 11.3 Å². The maximum absolute atomic E-state index is 4.07. The van der Waals surface area contributed by atoms with Gasteiger partial charge in [-0.15, -0.1) is 0 Å². The molecule has 0 aliphatic rings. The molecule has 1 heterocycles. The van der Waals surface area contributed by atoms with Crippen LogP contribution in [-0.4, -0.2) is 4.98 Å². The molecule has 10 heavy (non-hydrogen) atoms. The summed E-state index contributed by atoms with van der Waals surface area (Å²) in [6, 6.07) is 0. The predicted molar refractivity (Wildman–Crippen MR) is 41.8 cm³/mol. The van der Waals surface area contributed by atoms with Gasteiger partial charge in [-0.05, 0) is 6.92 Å². The summed E-state index contributed by atoms with van der Waals surface area (Å²) in [4.78, 5) is 4.07. The van der Waals surface area contributed by atoms with E-state index in [0.29, 0.717) is 0 Å². The summed E-state index contributed by atoms with van der Waals surface area (Å²) < 4.78 is 0. The van der Waals surface area contributed by atoms with Gasteiger partial charge in [0.05, 0.1) is 0 Å². The zero-order chi connectivity index (χ0) is 7.28. The number of aryl methyl sites for hydroxylation is 2. The molecule has 0 aromatic carbocycles. The molecule has 1 rings (SSSR count). The van der Waals surface area contributed by atoms with E-state index in [1.54, 1.807) is 11.3 Å². The van der Waals surface area contributed by atoms with E-state index in [2.05, 4.69) is 10.4 Å². The topological polar surface area (TPSA) is 12.9 Å². The van der Waals surface area contributed by atoms with E-state index in [0.717, 1.165) is 10.7 Å². The van der Waals surface area contributed by atoms with E-state index < -0.39 is 0 Å². The molecule has 0 saturated heterocycles. The minimum Gasteiger partial charge on any atom is -0.361 e. The van der Waals surface area contributed by atoms with Gasteiger partial charge >= 0.3 is 0 Å². The van der Waals surface area contributed by atoms with E-state index in [1.165, 1.54) is 0 Å². The van der Waals surface area contributed by atoms with Crippen LogP contribution < -0.4 is 0 Å². The second-order valence-corrected chi connectivity index (χ2v) is 2.42. The SMILES string of the molecule is CC.Cc1[c-]sc(C)n1.[W]. The minimum atomic E-state index is 0. The first kappa shape index (κ1) is 12.9. The van der Waals surface area contributed by atoms with Crippen LogP contribution in [0.4, 0.5) is 0 Å². The van der Waals surface area contributed by atoms with Crippen LogP contribution in [0.1, 0.15) is 24.5 Å². The summed E-state index contributed by atoms with van der Waals surface area (Å²) in [5.74, 6) is 0. The molecular formula is C7H12NSW-. The Morgan fingerprint density at radius 2 is 1.80 bits per heavy atom. The Morgan fingerprint density at radius 3 is 1.90 bits per heavy atom. The summed E-state index contributed by atoms with van der Waals surface area (Å²) in [7, 11) is 0. The minimum absolute atomic E-state index is 0. The quantitative estimate of drug-likeness (QED) is 0.668. The predicted octanol–water partition coefficient (Wildman–Crippen LogP) is 2.58. The Labute approximate surface area is 81.1 Å². The second kappa shape index (κ2) is 7.43. The molecule has 0 amide bonds.